The number of thiophene rings is 1. The van der Waals surface area contributed by atoms with Crippen LogP contribution in [0.3, 0.4) is 0 Å². The van der Waals surface area contributed by atoms with Crippen LogP contribution in [0.1, 0.15) is 22.0 Å². The number of halogens is 4. The van der Waals surface area contributed by atoms with Crippen molar-refractivity contribution in [3.8, 4) is 0 Å². The van der Waals surface area contributed by atoms with Crippen molar-refractivity contribution in [3.63, 3.8) is 0 Å². The van der Waals surface area contributed by atoms with E-state index in [0.29, 0.717) is 10.6 Å². The second-order valence-electron chi connectivity index (χ2n) is 5.44. The van der Waals surface area contributed by atoms with Crippen LogP contribution in [0.25, 0.3) is 0 Å². The highest BCUT2D eigenvalue weighted by Crippen LogP contribution is 2.39. The molecule has 1 aromatic carbocycles. The van der Waals surface area contributed by atoms with Gasteiger partial charge >= 0.3 is 6.18 Å². The van der Waals surface area contributed by atoms with E-state index in [1.807, 2.05) is 17.5 Å². The quantitative estimate of drug-likeness (QED) is 0.872. The Labute approximate surface area is 141 Å². The molecule has 1 aromatic heterocycles. The van der Waals surface area contributed by atoms with E-state index in [4.69, 9.17) is 11.6 Å². The number of nitrogens with zero attached hydrogens (tertiary/aromatic N) is 1. The zero-order valence-corrected chi connectivity index (χ0v) is 13.8. The minimum Gasteiger partial charge on any atom is -0.314 e. The molecular weight excluding hydrogens is 345 g/mol. The van der Waals surface area contributed by atoms with E-state index in [1.165, 1.54) is 23.5 Å². The normalized spacial score (nSPS) is 18.1. The molecule has 2 heterocycles. The molecule has 0 spiro atoms. The third kappa shape index (κ3) is 3.71. The van der Waals surface area contributed by atoms with E-state index >= 15 is 0 Å². The number of piperazine rings is 1. The molecule has 7 heteroatoms. The molecule has 23 heavy (non-hydrogen) atoms. The van der Waals surface area contributed by atoms with E-state index in [-0.39, 0.29) is 6.04 Å². The zero-order chi connectivity index (χ0) is 16.4. The maximum atomic E-state index is 13.1. The summed E-state index contributed by atoms with van der Waals surface area (Å²) in [4.78, 5) is 3.19. The van der Waals surface area contributed by atoms with Crippen LogP contribution in [0.15, 0.2) is 35.7 Å². The van der Waals surface area contributed by atoms with Gasteiger partial charge in [0.05, 0.1) is 11.6 Å². The van der Waals surface area contributed by atoms with Crippen molar-refractivity contribution in [3.05, 3.63) is 56.7 Å². The van der Waals surface area contributed by atoms with Gasteiger partial charge in [-0.05, 0) is 35.2 Å². The molecule has 124 valence electrons. The van der Waals surface area contributed by atoms with Gasteiger partial charge in [0, 0.05) is 36.1 Å². The van der Waals surface area contributed by atoms with Crippen LogP contribution in [0.2, 0.25) is 5.02 Å². The summed E-state index contributed by atoms with van der Waals surface area (Å²) in [6.45, 7) is 3.18. The molecule has 0 amide bonds. The van der Waals surface area contributed by atoms with Crippen molar-refractivity contribution < 1.29 is 13.2 Å². The Hall–Kier alpha value is -1.08. The predicted molar refractivity (Wildman–Crippen MR) is 87.1 cm³/mol. The Morgan fingerprint density at radius 1 is 1.17 bits per heavy atom. The number of hydrogen-bond acceptors (Lipinski definition) is 3. The topological polar surface area (TPSA) is 15.3 Å². The molecular formula is C16H16ClF3N2S. The third-order valence-corrected chi connectivity index (χ3v) is 5.22. The summed E-state index contributed by atoms with van der Waals surface area (Å²) in [5.74, 6) is 0. The molecule has 1 atom stereocenters. The first-order chi connectivity index (χ1) is 11.0. The minimum absolute atomic E-state index is 0.244. The van der Waals surface area contributed by atoms with Crippen molar-refractivity contribution >= 4 is 22.9 Å². The van der Waals surface area contributed by atoms with Crippen LogP contribution in [-0.2, 0) is 6.18 Å². The summed E-state index contributed by atoms with van der Waals surface area (Å²) in [6, 6.07) is 7.20. The summed E-state index contributed by atoms with van der Waals surface area (Å²) >= 11 is 7.81. The second kappa shape index (κ2) is 6.81. The Morgan fingerprint density at radius 3 is 2.52 bits per heavy atom. The van der Waals surface area contributed by atoms with Crippen LogP contribution < -0.4 is 5.32 Å². The van der Waals surface area contributed by atoms with Crippen molar-refractivity contribution in [2.45, 2.75) is 12.2 Å². The van der Waals surface area contributed by atoms with E-state index < -0.39 is 11.7 Å². The van der Waals surface area contributed by atoms with Gasteiger partial charge in [0.25, 0.3) is 0 Å². The first-order valence-electron chi connectivity index (χ1n) is 7.31. The minimum atomic E-state index is -4.37. The molecule has 3 rings (SSSR count). The Balaban J connectivity index is 2.06. The monoisotopic (exact) mass is 360 g/mol. The van der Waals surface area contributed by atoms with Gasteiger partial charge in [0.15, 0.2) is 0 Å². The molecule has 1 aliphatic rings. The fourth-order valence-corrected chi connectivity index (χ4v) is 3.94. The number of benzene rings is 1. The molecule has 1 N–H and O–H groups in total. The molecule has 1 saturated heterocycles. The molecule has 0 saturated carbocycles. The maximum absolute atomic E-state index is 13.1. The van der Waals surface area contributed by atoms with Crippen LogP contribution in [-0.4, -0.2) is 31.1 Å². The lowest BCUT2D eigenvalue weighted by molar-refractivity contribution is -0.137. The van der Waals surface area contributed by atoms with Crippen molar-refractivity contribution in [1.29, 1.82) is 0 Å². The van der Waals surface area contributed by atoms with Gasteiger partial charge in [0.2, 0.25) is 0 Å². The first-order valence-corrected chi connectivity index (χ1v) is 8.57. The Morgan fingerprint density at radius 2 is 1.91 bits per heavy atom. The molecule has 2 nitrogen and oxygen atoms in total. The summed E-state index contributed by atoms with van der Waals surface area (Å²) in [6.07, 6.45) is -4.37. The van der Waals surface area contributed by atoms with Gasteiger partial charge in [-0.2, -0.15) is 13.2 Å². The molecule has 1 unspecified atom stereocenters. The molecule has 1 aliphatic heterocycles. The van der Waals surface area contributed by atoms with Crippen LogP contribution in [0.5, 0.6) is 0 Å². The fraction of sp³-hybridized carbons (Fsp3) is 0.375. The number of rotatable bonds is 3. The average molecular weight is 361 g/mol. The molecule has 2 aromatic rings. The van der Waals surface area contributed by atoms with Crippen LogP contribution in [0.4, 0.5) is 13.2 Å². The highest BCUT2D eigenvalue weighted by molar-refractivity contribution is 7.10. The van der Waals surface area contributed by atoms with E-state index in [9.17, 15) is 13.2 Å². The van der Waals surface area contributed by atoms with Crippen molar-refractivity contribution in [2.24, 2.45) is 0 Å². The second-order valence-corrected chi connectivity index (χ2v) is 6.82. The standard InChI is InChI=1S/C16H16ClF3N2S/c17-13-4-3-11(16(18,19)20)10-12(13)15(14-2-1-9-23-14)22-7-5-21-6-8-22/h1-4,9-10,15,21H,5-8H2. The van der Waals surface area contributed by atoms with Gasteiger partial charge in [-0.25, -0.2) is 0 Å². The summed E-state index contributed by atoms with van der Waals surface area (Å²) in [5, 5.41) is 5.57. The van der Waals surface area contributed by atoms with Gasteiger partial charge in [0.1, 0.15) is 0 Å². The zero-order valence-electron chi connectivity index (χ0n) is 12.2. The Bertz CT molecular complexity index is 652. The van der Waals surface area contributed by atoms with Gasteiger partial charge in [-0.15, -0.1) is 11.3 Å². The van der Waals surface area contributed by atoms with E-state index in [2.05, 4.69) is 10.2 Å². The highest BCUT2D eigenvalue weighted by atomic mass is 35.5. The number of hydrogen-bond donors (Lipinski definition) is 1. The molecule has 0 aliphatic carbocycles. The average Bonchev–Trinajstić information content (AvgIpc) is 3.03. The first kappa shape index (κ1) is 16.8. The van der Waals surface area contributed by atoms with Gasteiger partial charge < -0.3 is 5.32 Å². The summed E-state index contributed by atoms with van der Waals surface area (Å²) in [7, 11) is 0. The highest BCUT2D eigenvalue weighted by Gasteiger charge is 2.33. The molecule has 1 fully saturated rings. The fourth-order valence-electron chi connectivity index (χ4n) is 2.85. The molecule has 0 radical (unpaired) electrons. The Kier molecular flexibility index (Phi) is 4.96. The van der Waals surface area contributed by atoms with Crippen molar-refractivity contribution in [1.82, 2.24) is 10.2 Å². The van der Waals surface area contributed by atoms with Gasteiger partial charge in [-0.3, -0.25) is 4.90 Å². The lowest BCUT2D eigenvalue weighted by atomic mass is 10.00. The largest absolute Gasteiger partial charge is 0.416 e. The lowest BCUT2D eigenvalue weighted by Gasteiger charge is -2.35. The van der Waals surface area contributed by atoms with E-state index in [1.54, 1.807) is 0 Å². The maximum Gasteiger partial charge on any atom is 0.416 e. The number of nitrogens with one attached hydrogen (secondary N) is 1. The van der Waals surface area contributed by atoms with Crippen LogP contribution in [0, 0.1) is 0 Å². The summed E-state index contributed by atoms with van der Waals surface area (Å²) < 4.78 is 39.3. The van der Waals surface area contributed by atoms with E-state index in [0.717, 1.165) is 37.1 Å². The predicted octanol–water partition coefficient (Wildman–Crippen LogP) is 4.41. The molecule has 0 bridgehead atoms. The smallest absolute Gasteiger partial charge is 0.314 e. The third-order valence-electron chi connectivity index (χ3n) is 3.95. The van der Waals surface area contributed by atoms with Crippen LogP contribution >= 0.6 is 22.9 Å². The van der Waals surface area contributed by atoms with Gasteiger partial charge in [-0.1, -0.05) is 17.7 Å². The number of alkyl halides is 3. The summed E-state index contributed by atoms with van der Waals surface area (Å²) in [5.41, 5.74) is -0.139. The van der Waals surface area contributed by atoms with Crippen molar-refractivity contribution in [2.75, 3.05) is 26.2 Å². The SMILES string of the molecule is FC(F)(F)c1ccc(Cl)c(C(c2cccs2)N2CCNCC2)c1. The lowest BCUT2D eigenvalue weighted by Crippen LogP contribution is -2.45.